The predicted octanol–water partition coefficient (Wildman–Crippen LogP) is 3.66. The van der Waals surface area contributed by atoms with Crippen LogP contribution in [-0.4, -0.2) is 37.9 Å². The lowest BCUT2D eigenvalue weighted by atomic mass is 10.2. The molecule has 0 bridgehead atoms. The lowest BCUT2D eigenvalue weighted by molar-refractivity contribution is -0.129. The molecular weight excluding hydrogens is 367 g/mol. The zero-order valence-corrected chi connectivity index (χ0v) is 16.5. The molecule has 0 fully saturated rings. The van der Waals surface area contributed by atoms with Gasteiger partial charge in [0.2, 0.25) is 5.91 Å². The molecule has 0 radical (unpaired) electrons. The van der Waals surface area contributed by atoms with Crippen LogP contribution in [0.1, 0.15) is 18.2 Å². The molecule has 142 valence electrons. The van der Waals surface area contributed by atoms with E-state index in [9.17, 15) is 9.18 Å². The van der Waals surface area contributed by atoms with Crippen molar-refractivity contribution < 1.29 is 13.6 Å². The third kappa shape index (κ3) is 4.21. The summed E-state index contributed by atoms with van der Waals surface area (Å²) in [4.78, 5) is 14.3. The third-order valence-electron chi connectivity index (χ3n) is 4.25. The van der Waals surface area contributed by atoms with Gasteiger partial charge in [-0.15, -0.1) is 10.2 Å². The quantitative estimate of drug-likeness (QED) is 0.603. The normalized spacial score (nSPS) is 12.2. The first-order valence-corrected chi connectivity index (χ1v) is 9.34. The lowest BCUT2D eigenvalue weighted by Gasteiger charge is -2.21. The smallest absolute Gasteiger partial charge is 0.235 e. The Balaban J connectivity index is 1.68. The van der Waals surface area contributed by atoms with Gasteiger partial charge in [-0.3, -0.25) is 4.79 Å². The van der Waals surface area contributed by atoms with Crippen molar-refractivity contribution in [3.05, 3.63) is 53.7 Å². The fourth-order valence-corrected chi connectivity index (χ4v) is 3.70. The molecule has 2 aromatic heterocycles. The van der Waals surface area contributed by atoms with Crippen molar-refractivity contribution in [2.75, 3.05) is 7.05 Å². The Bertz CT molecular complexity index is 953. The number of hydrogen-bond acceptors (Lipinski definition) is 5. The van der Waals surface area contributed by atoms with Gasteiger partial charge in [0, 0.05) is 20.6 Å². The molecule has 0 saturated carbocycles. The first-order chi connectivity index (χ1) is 12.9. The highest BCUT2D eigenvalue weighted by Gasteiger charge is 2.23. The van der Waals surface area contributed by atoms with Crippen LogP contribution in [0, 0.1) is 12.7 Å². The van der Waals surface area contributed by atoms with Crippen molar-refractivity contribution >= 4 is 17.7 Å². The first kappa shape index (κ1) is 19.2. The van der Waals surface area contributed by atoms with Crippen molar-refractivity contribution in [3.63, 3.8) is 0 Å². The largest absolute Gasteiger partial charge is 0.469 e. The fourth-order valence-electron chi connectivity index (χ4n) is 2.77. The molecule has 3 aromatic rings. The Morgan fingerprint density at radius 2 is 2.15 bits per heavy atom. The summed E-state index contributed by atoms with van der Waals surface area (Å²) in [5, 5.41) is 8.71. The van der Waals surface area contributed by atoms with E-state index in [-0.39, 0.29) is 17.0 Å². The van der Waals surface area contributed by atoms with Gasteiger partial charge in [0.05, 0.1) is 17.1 Å². The summed E-state index contributed by atoms with van der Waals surface area (Å²) >= 11 is 1.34. The van der Waals surface area contributed by atoms with E-state index in [0.717, 1.165) is 16.9 Å². The van der Waals surface area contributed by atoms with E-state index in [1.54, 1.807) is 30.3 Å². The Labute approximate surface area is 161 Å². The maximum atomic E-state index is 13.3. The van der Waals surface area contributed by atoms with Crippen LogP contribution < -0.4 is 0 Å². The summed E-state index contributed by atoms with van der Waals surface area (Å²) in [5.74, 6) is 1.09. The molecule has 1 aromatic carbocycles. The second-order valence-electron chi connectivity index (χ2n) is 6.34. The summed E-state index contributed by atoms with van der Waals surface area (Å²) in [7, 11) is 3.57. The molecule has 6 nitrogen and oxygen atoms in total. The number of amides is 1. The van der Waals surface area contributed by atoms with Crippen LogP contribution in [0.15, 0.2) is 46.2 Å². The third-order valence-corrected chi connectivity index (χ3v) is 5.37. The van der Waals surface area contributed by atoms with Gasteiger partial charge in [-0.2, -0.15) is 0 Å². The van der Waals surface area contributed by atoms with Gasteiger partial charge in [0.25, 0.3) is 0 Å². The molecule has 8 heteroatoms. The number of hydrogen-bond donors (Lipinski definition) is 0. The number of carbonyl (C=O) groups excluding carboxylic acids is 1. The average Bonchev–Trinajstić information content (AvgIpc) is 3.20. The lowest BCUT2D eigenvalue weighted by Crippen LogP contribution is -2.33. The topological polar surface area (TPSA) is 64.2 Å². The number of aromatic nitrogens is 3. The van der Waals surface area contributed by atoms with E-state index in [2.05, 4.69) is 10.2 Å². The van der Waals surface area contributed by atoms with Crippen molar-refractivity contribution in [2.24, 2.45) is 7.05 Å². The molecule has 1 amide bonds. The maximum Gasteiger partial charge on any atom is 0.235 e. The molecule has 0 saturated heterocycles. The molecule has 0 spiro atoms. The summed E-state index contributed by atoms with van der Waals surface area (Å²) in [6.07, 6.45) is 1.61. The van der Waals surface area contributed by atoms with Crippen molar-refractivity contribution in [2.45, 2.75) is 30.8 Å². The minimum absolute atomic E-state index is 0.0618. The van der Waals surface area contributed by atoms with Gasteiger partial charge >= 0.3 is 0 Å². The van der Waals surface area contributed by atoms with E-state index in [0.29, 0.717) is 17.5 Å². The second kappa shape index (κ2) is 7.96. The molecular formula is C19H21FN4O2S. The number of furan rings is 1. The second-order valence-corrected chi connectivity index (χ2v) is 7.65. The van der Waals surface area contributed by atoms with Crippen LogP contribution in [0.2, 0.25) is 0 Å². The van der Waals surface area contributed by atoms with Crippen molar-refractivity contribution in [3.8, 4) is 11.4 Å². The number of benzene rings is 1. The number of aryl methyl sites for hydroxylation is 1. The SMILES string of the molecule is Cc1occc1-c1nnc(S[C@H](C)C(=O)N(C)Cc2cccc(F)c2)n1C. The summed E-state index contributed by atoms with van der Waals surface area (Å²) < 4.78 is 20.5. The number of thioether (sulfide) groups is 1. The van der Waals surface area contributed by atoms with Gasteiger partial charge in [-0.1, -0.05) is 23.9 Å². The van der Waals surface area contributed by atoms with Crippen LogP contribution in [-0.2, 0) is 18.4 Å². The molecule has 0 aliphatic carbocycles. The molecule has 0 unspecified atom stereocenters. The Morgan fingerprint density at radius 1 is 1.37 bits per heavy atom. The molecule has 0 N–H and O–H groups in total. The van der Waals surface area contributed by atoms with Crippen LogP contribution in [0.25, 0.3) is 11.4 Å². The highest BCUT2D eigenvalue weighted by molar-refractivity contribution is 8.00. The number of rotatable bonds is 6. The fraction of sp³-hybridized carbons (Fsp3) is 0.316. The standard InChI is InChI=1S/C19H21FN4O2S/c1-12-16(8-9-26-12)17-21-22-19(24(17)4)27-13(2)18(25)23(3)11-14-6-5-7-15(20)10-14/h5-10,13H,11H2,1-4H3/t13-/m1/s1. The maximum absolute atomic E-state index is 13.3. The molecule has 3 rings (SSSR count). The van der Waals surface area contributed by atoms with Crippen molar-refractivity contribution in [1.29, 1.82) is 0 Å². The Hall–Kier alpha value is -2.61. The van der Waals surface area contributed by atoms with E-state index in [1.807, 2.05) is 31.5 Å². The molecule has 0 aliphatic heterocycles. The van der Waals surface area contributed by atoms with Gasteiger partial charge in [-0.25, -0.2) is 4.39 Å². The minimum atomic E-state index is -0.357. The molecule has 0 aliphatic rings. The Kier molecular flexibility index (Phi) is 5.65. The van der Waals surface area contributed by atoms with Crippen LogP contribution in [0.4, 0.5) is 4.39 Å². The average molecular weight is 388 g/mol. The molecule has 27 heavy (non-hydrogen) atoms. The number of carbonyl (C=O) groups is 1. The summed E-state index contributed by atoms with van der Waals surface area (Å²) in [5.41, 5.74) is 1.62. The highest BCUT2D eigenvalue weighted by Crippen LogP contribution is 2.28. The van der Waals surface area contributed by atoms with Gasteiger partial charge < -0.3 is 13.9 Å². The Morgan fingerprint density at radius 3 is 2.81 bits per heavy atom. The van der Waals surface area contributed by atoms with E-state index in [4.69, 9.17) is 4.42 Å². The zero-order chi connectivity index (χ0) is 19.6. The predicted molar refractivity (Wildman–Crippen MR) is 102 cm³/mol. The van der Waals surface area contributed by atoms with Crippen LogP contribution >= 0.6 is 11.8 Å². The summed E-state index contributed by atoms with van der Waals surface area (Å²) in [6, 6.07) is 8.10. The van der Waals surface area contributed by atoms with Crippen LogP contribution in [0.5, 0.6) is 0 Å². The first-order valence-electron chi connectivity index (χ1n) is 8.46. The molecule has 1 atom stereocenters. The van der Waals surface area contributed by atoms with E-state index in [1.165, 1.54) is 23.9 Å². The number of nitrogens with zero attached hydrogens (tertiary/aromatic N) is 4. The van der Waals surface area contributed by atoms with Gasteiger partial charge in [-0.05, 0) is 37.6 Å². The van der Waals surface area contributed by atoms with E-state index < -0.39 is 0 Å². The van der Waals surface area contributed by atoms with Crippen LogP contribution in [0.3, 0.4) is 0 Å². The zero-order valence-electron chi connectivity index (χ0n) is 15.6. The monoisotopic (exact) mass is 388 g/mol. The highest BCUT2D eigenvalue weighted by atomic mass is 32.2. The molecule has 2 heterocycles. The van der Waals surface area contributed by atoms with Gasteiger partial charge in [0.1, 0.15) is 11.6 Å². The summed E-state index contributed by atoms with van der Waals surface area (Å²) in [6.45, 7) is 4.04. The van der Waals surface area contributed by atoms with Gasteiger partial charge in [0.15, 0.2) is 11.0 Å². The number of halogens is 1. The van der Waals surface area contributed by atoms with E-state index >= 15 is 0 Å². The minimum Gasteiger partial charge on any atom is -0.469 e. The van der Waals surface area contributed by atoms with Crippen molar-refractivity contribution in [1.82, 2.24) is 19.7 Å².